The van der Waals surface area contributed by atoms with Gasteiger partial charge in [0.2, 0.25) is 5.91 Å². The molecular weight excluding hydrogens is 282 g/mol. The summed E-state index contributed by atoms with van der Waals surface area (Å²) in [6.07, 6.45) is 2.10. The molecule has 0 spiro atoms. The van der Waals surface area contributed by atoms with E-state index in [1.54, 1.807) is 6.07 Å². The monoisotopic (exact) mass is 307 g/mol. The van der Waals surface area contributed by atoms with Crippen LogP contribution in [0.15, 0.2) is 16.9 Å². The van der Waals surface area contributed by atoms with Crippen molar-refractivity contribution in [2.24, 2.45) is 0 Å². The summed E-state index contributed by atoms with van der Waals surface area (Å²) >= 11 is 0. The number of nitrogens with zero attached hydrogens (tertiary/aromatic N) is 3. The van der Waals surface area contributed by atoms with E-state index in [1.807, 2.05) is 6.92 Å². The first kappa shape index (κ1) is 16.5. The lowest BCUT2D eigenvalue weighted by Gasteiger charge is -2.37. The summed E-state index contributed by atoms with van der Waals surface area (Å²) in [5.74, 6) is 0.878. The molecule has 1 aromatic heterocycles. The van der Waals surface area contributed by atoms with Crippen molar-refractivity contribution in [2.75, 3.05) is 37.6 Å². The average molecular weight is 307 g/mol. The van der Waals surface area contributed by atoms with Gasteiger partial charge in [-0.05, 0) is 19.4 Å². The Balaban J connectivity index is 1.82. The summed E-state index contributed by atoms with van der Waals surface area (Å²) in [5.41, 5.74) is -0.195. The van der Waals surface area contributed by atoms with Crippen LogP contribution in [0.3, 0.4) is 0 Å². The zero-order valence-corrected chi connectivity index (χ0v) is 13.3. The van der Waals surface area contributed by atoms with Crippen LogP contribution in [0.1, 0.15) is 26.7 Å². The van der Waals surface area contributed by atoms with Gasteiger partial charge in [0.1, 0.15) is 5.82 Å². The number of amides is 1. The van der Waals surface area contributed by atoms with Crippen LogP contribution in [-0.4, -0.2) is 59.8 Å². The maximum Gasteiger partial charge on any atom is 0.264 e. The minimum absolute atomic E-state index is 0.101. The number of carbonyl (C=O) groups excluding carboxylic acids is 1. The number of carbonyl (C=O) groups is 1. The number of rotatable bonds is 6. The molecule has 1 aliphatic rings. The second-order valence-corrected chi connectivity index (χ2v) is 5.62. The smallest absolute Gasteiger partial charge is 0.264 e. The Morgan fingerprint density at radius 2 is 2.09 bits per heavy atom. The van der Waals surface area contributed by atoms with Crippen molar-refractivity contribution in [1.29, 1.82) is 0 Å². The number of aromatic amines is 1. The van der Waals surface area contributed by atoms with Crippen molar-refractivity contribution >= 4 is 11.7 Å². The maximum atomic E-state index is 12.1. The summed E-state index contributed by atoms with van der Waals surface area (Å²) in [5, 5.41) is 9.48. The number of aromatic nitrogens is 2. The number of anilines is 1. The molecule has 2 N–H and O–H groups in total. The molecule has 1 fully saturated rings. The highest BCUT2D eigenvalue weighted by molar-refractivity contribution is 5.81. The first-order chi connectivity index (χ1) is 10.6. The molecule has 0 radical (unpaired) electrons. The summed E-state index contributed by atoms with van der Waals surface area (Å²) in [4.78, 5) is 27.4. The summed E-state index contributed by atoms with van der Waals surface area (Å²) in [7, 11) is 0. The van der Waals surface area contributed by atoms with Crippen molar-refractivity contribution < 1.29 is 4.79 Å². The summed E-state index contributed by atoms with van der Waals surface area (Å²) in [6, 6.07) is 3.11. The third-order valence-corrected chi connectivity index (χ3v) is 4.06. The van der Waals surface area contributed by atoms with Crippen LogP contribution in [0.5, 0.6) is 0 Å². The van der Waals surface area contributed by atoms with Crippen LogP contribution in [0, 0.1) is 0 Å². The zero-order valence-electron chi connectivity index (χ0n) is 13.3. The highest BCUT2D eigenvalue weighted by Crippen LogP contribution is 2.12. The van der Waals surface area contributed by atoms with Gasteiger partial charge in [0.05, 0.1) is 6.04 Å². The molecule has 0 saturated carbocycles. The molecular formula is C15H25N5O2. The first-order valence-electron chi connectivity index (χ1n) is 7.94. The molecule has 2 rings (SSSR count). The van der Waals surface area contributed by atoms with Gasteiger partial charge in [-0.25, -0.2) is 5.10 Å². The fourth-order valence-corrected chi connectivity index (χ4v) is 2.55. The Hall–Kier alpha value is -1.89. The zero-order chi connectivity index (χ0) is 15.9. The van der Waals surface area contributed by atoms with E-state index in [2.05, 4.69) is 32.2 Å². The standard InChI is InChI=1S/C15H25N5O2/c1-3-4-7-16-15(22)12(2)19-8-10-20(11-9-19)13-5-6-14(21)18-17-13/h5-6,12H,3-4,7-11H2,1-2H3,(H,16,22)(H,18,21)/t12-/m0/s1. The Kier molecular flexibility index (Phi) is 5.94. The van der Waals surface area contributed by atoms with Crippen molar-refractivity contribution in [3.8, 4) is 0 Å². The van der Waals surface area contributed by atoms with E-state index in [0.29, 0.717) is 0 Å². The van der Waals surface area contributed by atoms with E-state index < -0.39 is 0 Å². The van der Waals surface area contributed by atoms with Crippen LogP contribution in [-0.2, 0) is 4.79 Å². The number of nitrogens with one attached hydrogen (secondary N) is 2. The fraction of sp³-hybridized carbons (Fsp3) is 0.667. The molecule has 1 atom stereocenters. The van der Waals surface area contributed by atoms with E-state index in [-0.39, 0.29) is 17.5 Å². The van der Waals surface area contributed by atoms with Crippen molar-refractivity contribution in [3.05, 3.63) is 22.5 Å². The molecule has 0 unspecified atom stereocenters. The van der Waals surface area contributed by atoms with E-state index in [4.69, 9.17) is 0 Å². The van der Waals surface area contributed by atoms with Gasteiger partial charge in [0.25, 0.3) is 5.56 Å². The number of H-pyrrole nitrogens is 1. The van der Waals surface area contributed by atoms with Gasteiger partial charge in [-0.3, -0.25) is 14.5 Å². The molecule has 122 valence electrons. The molecule has 0 bridgehead atoms. The largest absolute Gasteiger partial charge is 0.355 e. The van der Waals surface area contributed by atoms with Gasteiger partial charge in [-0.15, -0.1) is 0 Å². The second-order valence-electron chi connectivity index (χ2n) is 5.62. The van der Waals surface area contributed by atoms with Gasteiger partial charge in [-0.1, -0.05) is 13.3 Å². The number of hydrogen-bond acceptors (Lipinski definition) is 5. The molecule has 2 heterocycles. The Labute approximate surface area is 130 Å². The molecule has 1 aromatic rings. The molecule has 7 nitrogen and oxygen atoms in total. The predicted molar refractivity (Wildman–Crippen MR) is 86.0 cm³/mol. The summed E-state index contributed by atoms with van der Waals surface area (Å²) in [6.45, 7) is 8.03. The Morgan fingerprint density at radius 3 is 2.68 bits per heavy atom. The fourth-order valence-electron chi connectivity index (χ4n) is 2.55. The van der Waals surface area contributed by atoms with Crippen LogP contribution < -0.4 is 15.8 Å². The van der Waals surface area contributed by atoms with Crippen LogP contribution in [0.25, 0.3) is 0 Å². The van der Waals surface area contributed by atoms with Crippen molar-refractivity contribution in [1.82, 2.24) is 20.4 Å². The number of hydrogen-bond donors (Lipinski definition) is 2. The topological polar surface area (TPSA) is 81.3 Å². The van der Waals surface area contributed by atoms with E-state index in [9.17, 15) is 9.59 Å². The van der Waals surface area contributed by atoms with Gasteiger partial charge in [0.15, 0.2) is 0 Å². The number of unbranched alkanes of at least 4 members (excludes halogenated alkanes) is 1. The lowest BCUT2D eigenvalue weighted by atomic mass is 10.2. The molecule has 1 saturated heterocycles. The third-order valence-electron chi connectivity index (χ3n) is 4.06. The van der Waals surface area contributed by atoms with Crippen molar-refractivity contribution in [3.63, 3.8) is 0 Å². The first-order valence-corrected chi connectivity index (χ1v) is 7.94. The summed E-state index contributed by atoms with van der Waals surface area (Å²) < 4.78 is 0. The van der Waals surface area contributed by atoms with Gasteiger partial charge in [0, 0.05) is 38.8 Å². The number of piperazine rings is 1. The van der Waals surface area contributed by atoms with E-state index in [0.717, 1.165) is 51.4 Å². The lowest BCUT2D eigenvalue weighted by molar-refractivity contribution is -0.126. The average Bonchev–Trinajstić information content (AvgIpc) is 2.55. The molecule has 7 heteroatoms. The molecule has 1 amide bonds. The minimum Gasteiger partial charge on any atom is -0.355 e. The predicted octanol–water partition coefficient (Wildman–Crippen LogP) is 0.197. The third kappa shape index (κ3) is 4.30. The molecule has 22 heavy (non-hydrogen) atoms. The molecule has 1 aliphatic heterocycles. The second kappa shape index (κ2) is 7.93. The highest BCUT2D eigenvalue weighted by Gasteiger charge is 2.25. The maximum absolute atomic E-state index is 12.1. The van der Waals surface area contributed by atoms with Crippen molar-refractivity contribution in [2.45, 2.75) is 32.7 Å². The molecule has 0 aromatic carbocycles. The van der Waals surface area contributed by atoms with Crippen LogP contribution >= 0.6 is 0 Å². The van der Waals surface area contributed by atoms with Gasteiger partial charge >= 0.3 is 0 Å². The Bertz CT molecular complexity index is 516. The van der Waals surface area contributed by atoms with Crippen LogP contribution in [0.4, 0.5) is 5.82 Å². The van der Waals surface area contributed by atoms with Crippen LogP contribution in [0.2, 0.25) is 0 Å². The molecule has 0 aliphatic carbocycles. The Morgan fingerprint density at radius 1 is 1.36 bits per heavy atom. The normalized spacial score (nSPS) is 17.3. The van der Waals surface area contributed by atoms with Gasteiger partial charge < -0.3 is 10.2 Å². The minimum atomic E-state index is -0.195. The highest BCUT2D eigenvalue weighted by atomic mass is 16.2. The lowest BCUT2D eigenvalue weighted by Crippen LogP contribution is -2.54. The SMILES string of the molecule is CCCCNC(=O)[C@H](C)N1CCN(c2ccc(=O)[nH]n2)CC1. The quantitative estimate of drug-likeness (QED) is 0.734. The van der Waals surface area contributed by atoms with Gasteiger partial charge in [-0.2, -0.15) is 5.10 Å². The van der Waals surface area contributed by atoms with E-state index in [1.165, 1.54) is 6.07 Å². The van der Waals surface area contributed by atoms with E-state index >= 15 is 0 Å².